The lowest BCUT2D eigenvalue weighted by molar-refractivity contribution is -0.139. The zero-order valence-electron chi connectivity index (χ0n) is 16.8. The molecule has 7 nitrogen and oxygen atoms in total. The fourth-order valence-corrected chi connectivity index (χ4v) is 3.71. The molecule has 0 aromatic heterocycles. The van der Waals surface area contributed by atoms with Crippen molar-refractivity contribution in [3.05, 3.63) is 41.1 Å². The molecule has 0 aliphatic carbocycles. The van der Waals surface area contributed by atoms with E-state index < -0.39 is 12.0 Å². The zero-order valence-corrected chi connectivity index (χ0v) is 16.8. The van der Waals surface area contributed by atoms with Crippen molar-refractivity contribution in [2.45, 2.75) is 32.7 Å². The number of nitrogens with one attached hydrogen (secondary N) is 2. The van der Waals surface area contributed by atoms with E-state index >= 15 is 0 Å². The molecule has 1 aromatic rings. The number of carbonyl (C=O) groups is 2. The molecule has 0 spiro atoms. The van der Waals surface area contributed by atoms with E-state index in [9.17, 15) is 9.59 Å². The number of carbonyl (C=O) groups excluding carboxylic acids is 2. The number of urea groups is 1. The molecule has 0 unspecified atom stereocenters. The molecule has 1 aromatic carbocycles. The average molecular weight is 387 g/mol. The van der Waals surface area contributed by atoms with E-state index in [1.54, 1.807) is 14.0 Å². The third-order valence-electron chi connectivity index (χ3n) is 5.33. The number of hydrogen-bond donors (Lipinski definition) is 2. The lowest BCUT2D eigenvalue weighted by atomic mass is 9.94. The van der Waals surface area contributed by atoms with Gasteiger partial charge < -0.3 is 20.1 Å². The standard InChI is InChI=1S/C21H29N3O4/c1-4-28-20(25)18-17(13-24-10-8-14(2)9-11-24)22-21(26)23-19(18)15-6-5-7-16(12-15)27-3/h5-7,12,14,19H,4,8-11,13H2,1-3H3,(H2,22,23,26)/t19-/m1/s1. The van der Waals surface area contributed by atoms with E-state index in [-0.39, 0.29) is 12.6 Å². The summed E-state index contributed by atoms with van der Waals surface area (Å²) in [6, 6.07) is 6.48. The summed E-state index contributed by atoms with van der Waals surface area (Å²) in [6.07, 6.45) is 2.24. The number of piperidine rings is 1. The van der Waals surface area contributed by atoms with E-state index in [1.165, 1.54) is 0 Å². The molecular formula is C21H29N3O4. The summed E-state index contributed by atoms with van der Waals surface area (Å²) in [5, 5.41) is 5.71. The number of ether oxygens (including phenoxy) is 2. The van der Waals surface area contributed by atoms with Crippen LogP contribution in [0, 0.1) is 5.92 Å². The average Bonchev–Trinajstić information content (AvgIpc) is 2.69. The Morgan fingerprint density at radius 3 is 2.71 bits per heavy atom. The summed E-state index contributed by atoms with van der Waals surface area (Å²) in [7, 11) is 1.59. The van der Waals surface area contributed by atoms with Gasteiger partial charge >= 0.3 is 12.0 Å². The molecule has 152 valence electrons. The maximum Gasteiger partial charge on any atom is 0.338 e. The Morgan fingerprint density at radius 1 is 1.29 bits per heavy atom. The van der Waals surface area contributed by atoms with Crippen LogP contribution in [0.1, 0.15) is 38.3 Å². The molecule has 1 atom stereocenters. The Labute approximate surface area is 166 Å². The van der Waals surface area contributed by atoms with Crippen molar-refractivity contribution in [2.24, 2.45) is 5.92 Å². The highest BCUT2D eigenvalue weighted by Gasteiger charge is 2.34. The van der Waals surface area contributed by atoms with E-state index in [2.05, 4.69) is 22.5 Å². The third kappa shape index (κ3) is 4.65. The van der Waals surface area contributed by atoms with Crippen molar-refractivity contribution in [2.75, 3.05) is 33.4 Å². The Kier molecular flexibility index (Phi) is 6.57. The van der Waals surface area contributed by atoms with E-state index in [0.29, 0.717) is 29.5 Å². The lowest BCUT2D eigenvalue weighted by Crippen LogP contribution is -2.49. The van der Waals surface area contributed by atoms with Crippen LogP contribution < -0.4 is 15.4 Å². The van der Waals surface area contributed by atoms with Crippen molar-refractivity contribution >= 4 is 12.0 Å². The zero-order chi connectivity index (χ0) is 20.1. The third-order valence-corrected chi connectivity index (χ3v) is 5.33. The highest BCUT2D eigenvalue weighted by atomic mass is 16.5. The van der Waals surface area contributed by atoms with Gasteiger partial charge in [0.1, 0.15) is 5.75 Å². The highest BCUT2D eigenvalue weighted by Crippen LogP contribution is 2.30. The van der Waals surface area contributed by atoms with Gasteiger partial charge in [0.05, 0.1) is 25.3 Å². The molecule has 3 rings (SSSR count). The predicted molar refractivity (Wildman–Crippen MR) is 106 cm³/mol. The topological polar surface area (TPSA) is 79.9 Å². The normalized spacial score (nSPS) is 21.1. The van der Waals surface area contributed by atoms with E-state index in [1.807, 2.05) is 24.3 Å². The second kappa shape index (κ2) is 9.10. The van der Waals surface area contributed by atoms with Crippen LogP contribution in [-0.2, 0) is 9.53 Å². The molecule has 2 aliphatic rings. The first kappa shape index (κ1) is 20.2. The van der Waals surface area contributed by atoms with Gasteiger partial charge in [0.15, 0.2) is 0 Å². The molecule has 0 saturated carbocycles. The number of nitrogens with zero attached hydrogens (tertiary/aromatic N) is 1. The number of hydrogen-bond acceptors (Lipinski definition) is 5. The minimum Gasteiger partial charge on any atom is -0.497 e. The monoisotopic (exact) mass is 387 g/mol. The van der Waals surface area contributed by atoms with Gasteiger partial charge in [0.2, 0.25) is 0 Å². The summed E-state index contributed by atoms with van der Waals surface area (Å²) in [5.74, 6) is 0.963. The van der Waals surface area contributed by atoms with Crippen LogP contribution in [0.2, 0.25) is 0 Å². The summed E-state index contributed by atoms with van der Waals surface area (Å²) < 4.78 is 10.6. The van der Waals surface area contributed by atoms with Crippen molar-refractivity contribution in [3.63, 3.8) is 0 Å². The molecule has 2 N–H and O–H groups in total. The molecule has 0 radical (unpaired) electrons. The highest BCUT2D eigenvalue weighted by molar-refractivity contribution is 5.95. The van der Waals surface area contributed by atoms with Crippen molar-refractivity contribution in [1.82, 2.24) is 15.5 Å². The first-order valence-corrected chi connectivity index (χ1v) is 9.85. The second-order valence-electron chi connectivity index (χ2n) is 7.38. The number of esters is 1. The smallest absolute Gasteiger partial charge is 0.338 e. The van der Waals surface area contributed by atoms with E-state index in [0.717, 1.165) is 31.5 Å². The van der Waals surface area contributed by atoms with Crippen LogP contribution in [0.15, 0.2) is 35.5 Å². The fourth-order valence-electron chi connectivity index (χ4n) is 3.71. The molecule has 2 heterocycles. The van der Waals surface area contributed by atoms with Crippen molar-refractivity contribution < 1.29 is 19.1 Å². The van der Waals surface area contributed by atoms with Gasteiger partial charge in [-0.1, -0.05) is 19.1 Å². The summed E-state index contributed by atoms with van der Waals surface area (Å²) in [5.41, 5.74) is 1.85. The number of amides is 2. The number of likely N-dealkylation sites (tertiary alicyclic amines) is 1. The van der Waals surface area contributed by atoms with Gasteiger partial charge in [-0.05, 0) is 56.5 Å². The quantitative estimate of drug-likeness (QED) is 0.734. The minimum absolute atomic E-state index is 0.273. The SMILES string of the molecule is CCOC(=O)C1=C(CN2CCC(C)CC2)NC(=O)N[C@@H]1c1cccc(OC)c1. The first-order chi connectivity index (χ1) is 13.5. The van der Waals surface area contributed by atoms with Crippen LogP contribution in [0.4, 0.5) is 4.79 Å². The second-order valence-corrected chi connectivity index (χ2v) is 7.38. The molecular weight excluding hydrogens is 358 g/mol. The van der Waals surface area contributed by atoms with Gasteiger partial charge in [0, 0.05) is 12.2 Å². The number of benzene rings is 1. The number of methoxy groups -OCH3 is 1. The van der Waals surface area contributed by atoms with Crippen LogP contribution >= 0.6 is 0 Å². The van der Waals surface area contributed by atoms with Crippen LogP contribution in [0.3, 0.4) is 0 Å². The Balaban J connectivity index is 1.96. The Bertz CT molecular complexity index is 754. The largest absolute Gasteiger partial charge is 0.497 e. The molecule has 28 heavy (non-hydrogen) atoms. The lowest BCUT2D eigenvalue weighted by Gasteiger charge is -2.34. The predicted octanol–water partition coefficient (Wildman–Crippen LogP) is 2.60. The summed E-state index contributed by atoms with van der Waals surface area (Å²) >= 11 is 0. The van der Waals surface area contributed by atoms with Crippen LogP contribution in [-0.4, -0.2) is 50.3 Å². The minimum atomic E-state index is -0.582. The molecule has 2 amide bonds. The molecule has 1 saturated heterocycles. The van der Waals surface area contributed by atoms with Gasteiger partial charge in [-0.25, -0.2) is 9.59 Å². The van der Waals surface area contributed by atoms with Gasteiger partial charge in [0.25, 0.3) is 0 Å². The molecule has 0 bridgehead atoms. The van der Waals surface area contributed by atoms with E-state index in [4.69, 9.17) is 9.47 Å². The van der Waals surface area contributed by atoms with Gasteiger partial charge in [-0.15, -0.1) is 0 Å². The summed E-state index contributed by atoms with van der Waals surface area (Å²) in [6.45, 7) is 6.73. The van der Waals surface area contributed by atoms with Gasteiger partial charge in [-0.3, -0.25) is 4.90 Å². The van der Waals surface area contributed by atoms with Crippen LogP contribution in [0.5, 0.6) is 5.75 Å². The van der Waals surface area contributed by atoms with Crippen LogP contribution in [0.25, 0.3) is 0 Å². The summed E-state index contributed by atoms with van der Waals surface area (Å²) in [4.78, 5) is 27.5. The maximum atomic E-state index is 12.8. The fraction of sp³-hybridized carbons (Fsp3) is 0.524. The van der Waals surface area contributed by atoms with Gasteiger partial charge in [-0.2, -0.15) is 0 Å². The number of rotatable bonds is 6. The Hall–Kier alpha value is -2.54. The first-order valence-electron chi connectivity index (χ1n) is 9.85. The van der Waals surface area contributed by atoms with Crippen molar-refractivity contribution in [3.8, 4) is 5.75 Å². The molecule has 7 heteroatoms. The maximum absolute atomic E-state index is 12.8. The Morgan fingerprint density at radius 2 is 2.04 bits per heavy atom. The molecule has 2 aliphatic heterocycles. The van der Waals surface area contributed by atoms with Crippen molar-refractivity contribution in [1.29, 1.82) is 0 Å². The molecule has 1 fully saturated rings.